The van der Waals surface area contributed by atoms with Gasteiger partial charge in [0.05, 0.1) is 18.2 Å². The first-order chi connectivity index (χ1) is 6.81. The zero-order valence-electron chi connectivity index (χ0n) is 7.34. The minimum absolute atomic E-state index is 0.469. The molecule has 2 rings (SSSR count). The first-order valence-electron chi connectivity index (χ1n) is 3.85. The van der Waals surface area contributed by atoms with Gasteiger partial charge >= 0.3 is 0 Å². The van der Waals surface area contributed by atoms with E-state index >= 15 is 0 Å². The summed E-state index contributed by atoms with van der Waals surface area (Å²) in [7, 11) is 1.53. The van der Waals surface area contributed by atoms with E-state index in [-0.39, 0.29) is 0 Å². The maximum absolute atomic E-state index is 9.78. The summed E-state index contributed by atoms with van der Waals surface area (Å²) in [4.78, 5) is 0.677. The molecular weight excluding hydrogens is 204 g/mol. The van der Waals surface area contributed by atoms with E-state index in [9.17, 15) is 5.11 Å². The van der Waals surface area contributed by atoms with Crippen molar-refractivity contribution in [2.45, 2.75) is 6.10 Å². The maximum Gasteiger partial charge on any atom is 0.225 e. The highest BCUT2D eigenvalue weighted by atomic mass is 32.1. The summed E-state index contributed by atoms with van der Waals surface area (Å²) < 4.78 is 8.87. The van der Waals surface area contributed by atoms with Crippen LogP contribution in [-0.4, -0.2) is 32.0 Å². The number of hydrogen-bond donors (Lipinski definition) is 2. The minimum Gasteiger partial charge on any atom is -0.480 e. The maximum atomic E-state index is 9.78. The van der Waals surface area contributed by atoms with Crippen LogP contribution in [-0.2, 0) is 0 Å². The molecule has 7 heteroatoms. The lowest BCUT2D eigenvalue weighted by Gasteiger charge is -2.00. The van der Waals surface area contributed by atoms with Gasteiger partial charge in [0.15, 0.2) is 0 Å². The Kier molecular flexibility index (Phi) is 2.42. The van der Waals surface area contributed by atoms with Gasteiger partial charge in [0.1, 0.15) is 11.8 Å². The van der Waals surface area contributed by atoms with Gasteiger partial charge in [-0.15, -0.1) is 0 Å². The van der Waals surface area contributed by atoms with Gasteiger partial charge in [-0.3, -0.25) is 0 Å². The predicted octanol–water partition coefficient (Wildman–Crippen LogP) is 0.351. The van der Waals surface area contributed by atoms with Crippen LogP contribution in [0.4, 0.5) is 0 Å². The number of rotatable bonds is 3. The van der Waals surface area contributed by atoms with Crippen molar-refractivity contribution in [3.05, 3.63) is 22.8 Å². The smallest absolute Gasteiger partial charge is 0.225 e. The van der Waals surface area contributed by atoms with Gasteiger partial charge in [-0.1, -0.05) is 0 Å². The van der Waals surface area contributed by atoms with Crippen LogP contribution in [0.25, 0.3) is 0 Å². The standard InChI is InChI=1S/C7H8N4O2S/c1-13-6-2-5(14-10-6)7(12)4-3-8-11-9-4/h2-3,7,12H,1H3,(H,8,9,11). The molecule has 0 aromatic carbocycles. The number of aromatic amines is 1. The normalized spacial score (nSPS) is 12.7. The molecule has 74 valence electrons. The van der Waals surface area contributed by atoms with Crippen LogP contribution in [0.3, 0.4) is 0 Å². The molecule has 1 atom stereocenters. The number of aromatic nitrogens is 4. The van der Waals surface area contributed by atoms with Gasteiger partial charge in [0.2, 0.25) is 5.88 Å². The van der Waals surface area contributed by atoms with E-state index in [4.69, 9.17) is 4.74 Å². The van der Waals surface area contributed by atoms with E-state index < -0.39 is 6.10 Å². The topological polar surface area (TPSA) is 83.9 Å². The lowest BCUT2D eigenvalue weighted by atomic mass is 10.2. The lowest BCUT2D eigenvalue weighted by molar-refractivity contribution is 0.218. The minimum atomic E-state index is -0.796. The van der Waals surface area contributed by atoms with Crippen molar-refractivity contribution < 1.29 is 9.84 Å². The third kappa shape index (κ3) is 1.59. The largest absolute Gasteiger partial charge is 0.480 e. The van der Waals surface area contributed by atoms with Gasteiger partial charge in [-0.2, -0.15) is 19.8 Å². The van der Waals surface area contributed by atoms with E-state index in [2.05, 4.69) is 19.8 Å². The van der Waals surface area contributed by atoms with Crippen LogP contribution in [0.5, 0.6) is 5.88 Å². The highest BCUT2D eigenvalue weighted by Crippen LogP contribution is 2.26. The molecule has 14 heavy (non-hydrogen) atoms. The Labute approximate surface area is 83.7 Å². The predicted molar refractivity (Wildman–Crippen MR) is 49.1 cm³/mol. The lowest BCUT2D eigenvalue weighted by Crippen LogP contribution is -1.97. The van der Waals surface area contributed by atoms with Crippen LogP contribution in [0.2, 0.25) is 0 Å². The third-order valence-electron chi connectivity index (χ3n) is 1.70. The molecule has 0 bridgehead atoms. The first kappa shape index (κ1) is 9.10. The summed E-state index contributed by atoms with van der Waals surface area (Å²) in [5.74, 6) is 0.493. The molecule has 0 aliphatic carbocycles. The quantitative estimate of drug-likeness (QED) is 0.767. The second kappa shape index (κ2) is 3.72. The van der Waals surface area contributed by atoms with Crippen LogP contribution < -0.4 is 4.74 Å². The van der Waals surface area contributed by atoms with E-state index in [0.717, 1.165) is 0 Å². The first-order valence-corrected chi connectivity index (χ1v) is 4.63. The molecule has 6 nitrogen and oxygen atoms in total. The van der Waals surface area contributed by atoms with Gasteiger partial charge < -0.3 is 9.84 Å². The summed E-state index contributed by atoms with van der Waals surface area (Å²) in [5.41, 5.74) is 0.469. The fourth-order valence-electron chi connectivity index (χ4n) is 0.985. The monoisotopic (exact) mass is 212 g/mol. The number of ether oxygens (including phenoxy) is 1. The SMILES string of the molecule is COc1cc(C(O)c2cn[nH]n2)sn1. The number of hydrogen-bond acceptors (Lipinski definition) is 6. The zero-order chi connectivity index (χ0) is 9.97. The summed E-state index contributed by atoms with van der Waals surface area (Å²) >= 11 is 1.17. The fourth-order valence-corrected chi connectivity index (χ4v) is 1.68. The Balaban J connectivity index is 2.23. The van der Waals surface area contributed by atoms with Crippen molar-refractivity contribution in [2.24, 2.45) is 0 Å². The Bertz CT molecular complexity index is 399. The van der Waals surface area contributed by atoms with Crippen LogP contribution in [0.15, 0.2) is 12.3 Å². The number of methoxy groups -OCH3 is 1. The van der Waals surface area contributed by atoms with Gasteiger partial charge in [-0.25, -0.2) is 0 Å². The second-order valence-corrected chi connectivity index (χ2v) is 3.41. The average Bonchev–Trinajstić information content (AvgIpc) is 2.88. The van der Waals surface area contributed by atoms with Crippen molar-refractivity contribution in [2.75, 3.05) is 7.11 Å². The zero-order valence-corrected chi connectivity index (χ0v) is 8.15. The molecule has 1 unspecified atom stereocenters. The van der Waals surface area contributed by atoms with E-state index in [1.807, 2.05) is 0 Å². The fraction of sp³-hybridized carbons (Fsp3) is 0.286. The van der Waals surface area contributed by atoms with Crippen molar-refractivity contribution >= 4 is 11.5 Å². The summed E-state index contributed by atoms with van der Waals surface area (Å²) in [6, 6.07) is 1.67. The van der Waals surface area contributed by atoms with Crippen molar-refractivity contribution in [1.82, 2.24) is 19.8 Å². The average molecular weight is 212 g/mol. The summed E-state index contributed by atoms with van der Waals surface area (Å²) in [5, 5.41) is 19.6. The molecule has 0 saturated heterocycles. The van der Waals surface area contributed by atoms with Crippen LogP contribution in [0, 0.1) is 0 Å². The number of nitrogens with zero attached hydrogens (tertiary/aromatic N) is 3. The van der Waals surface area contributed by atoms with Crippen molar-refractivity contribution in [1.29, 1.82) is 0 Å². The molecular formula is C7H8N4O2S. The van der Waals surface area contributed by atoms with Crippen LogP contribution >= 0.6 is 11.5 Å². The molecule has 2 heterocycles. The number of aliphatic hydroxyl groups is 1. The van der Waals surface area contributed by atoms with Crippen LogP contribution in [0.1, 0.15) is 16.7 Å². The molecule has 0 fully saturated rings. The Hall–Kier alpha value is -1.47. The molecule has 2 aromatic rings. The molecule has 2 aromatic heterocycles. The van der Waals surface area contributed by atoms with E-state index in [1.165, 1.54) is 24.8 Å². The van der Waals surface area contributed by atoms with Crippen molar-refractivity contribution in [3.8, 4) is 5.88 Å². The highest BCUT2D eigenvalue weighted by molar-refractivity contribution is 7.06. The Morgan fingerprint density at radius 3 is 3.07 bits per heavy atom. The molecule has 0 saturated carbocycles. The molecule has 0 aliphatic heterocycles. The molecule has 0 aliphatic rings. The van der Waals surface area contributed by atoms with Gasteiger partial charge in [-0.05, 0) is 11.5 Å². The number of nitrogens with one attached hydrogen (secondary N) is 1. The number of aliphatic hydroxyl groups excluding tert-OH is 1. The van der Waals surface area contributed by atoms with E-state index in [1.54, 1.807) is 6.07 Å². The van der Waals surface area contributed by atoms with E-state index in [0.29, 0.717) is 16.5 Å². The Morgan fingerprint density at radius 1 is 1.64 bits per heavy atom. The summed E-state index contributed by atoms with van der Waals surface area (Å²) in [6.45, 7) is 0. The van der Waals surface area contributed by atoms with Crippen molar-refractivity contribution in [3.63, 3.8) is 0 Å². The number of H-pyrrole nitrogens is 1. The molecule has 0 radical (unpaired) electrons. The molecule has 2 N–H and O–H groups in total. The summed E-state index contributed by atoms with van der Waals surface area (Å²) in [6.07, 6.45) is 0.673. The highest BCUT2D eigenvalue weighted by Gasteiger charge is 2.16. The Morgan fingerprint density at radius 2 is 2.50 bits per heavy atom. The van der Waals surface area contributed by atoms with Gasteiger partial charge in [0, 0.05) is 6.07 Å². The second-order valence-electron chi connectivity index (χ2n) is 2.57. The molecule has 0 amide bonds. The third-order valence-corrected chi connectivity index (χ3v) is 2.52. The van der Waals surface area contributed by atoms with Gasteiger partial charge in [0.25, 0.3) is 0 Å². The molecule has 0 spiro atoms.